The van der Waals surface area contributed by atoms with Gasteiger partial charge in [0.25, 0.3) is 15.9 Å². The van der Waals surface area contributed by atoms with Gasteiger partial charge < -0.3 is 4.90 Å². The third-order valence-electron chi connectivity index (χ3n) is 4.59. The SMILES string of the molecule is Cc1ccc(Cl)cc1NS(=O)(=O)c1ccc(C)c(C(=O)N2CCCC2)c1. The van der Waals surface area contributed by atoms with Crippen molar-refractivity contribution >= 4 is 33.2 Å². The molecule has 1 saturated heterocycles. The number of likely N-dealkylation sites (tertiary alicyclic amines) is 1. The number of anilines is 1. The molecule has 1 N–H and O–H groups in total. The second-order valence-electron chi connectivity index (χ2n) is 6.54. The van der Waals surface area contributed by atoms with Crippen molar-refractivity contribution in [2.75, 3.05) is 17.8 Å². The largest absolute Gasteiger partial charge is 0.339 e. The number of benzene rings is 2. The fourth-order valence-electron chi connectivity index (χ4n) is 3.00. The Balaban J connectivity index is 1.94. The highest BCUT2D eigenvalue weighted by Crippen LogP contribution is 2.25. The number of amides is 1. The molecule has 0 saturated carbocycles. The lowest BCUT2D eigenvalue weighted by molar-refractivity contribution is 0.0792. The Morgan fingerprint density at radius 3 is 2.38 bits per heavy atom. The highest BCUT2D eigenvalue weighted by molar-refractivity contribution is 7.92. The van der Waals surface area contributed by atoms with Gasteiger partial charge in [-0.15, -0.1) is 0 Å². The van der Waals surface area contributed by atoms with E-state index in [4.69, 9.17) is 11.6 Å². The van der Waals surface area contributed by atoms with Crippen LogP contribution in [0.2, 0.25) is 5.02 Å². The summed E-state index contributed by atoms with van der Waals surface area (Å²) >= 11 is 5.97. The van der Waals surface area contributed by atoms with Crippen LogP contribution in [0.25, 0.3) is 0 Å². The minimum atomic E-state index is -3.83. The van der Waals surface area contributed by atoms with E-state index in [9.17, 15) is 13.2 Å². The average Bonchev–Trinajstić information content (AvgIpc) is 3.12. The summed E-state index contributed by atoms with van der Waals surface area (Å²) in [5.41, 5.74) is 2.38. The molecule has 0 unspecified atom stereocenters. The first-order valence-electron chi connectivity index (χ1n) is 8.47. The van der Waals surface area contributed by atoms with Gasteiger partial charge in [-0.3, -0.25) is 9.52 Å². The topological polar surface area (TPSA) is 66.5 Å². The number of nitrogens with zero attached hydrogens (tertiary/aromatic N) is 1. The van der Waals surface area contributed by atoms with Crippen molar-refractivity contribution in [1.82, 2.24) is 4.90 Å². The number of hydrogen-bond acceptors (Lipinski definition) is 3. The van der Waals surface area contributed by atoms with Crippen molar-refractivity contribution in [3.05, 3.63) is 58.1 Å². The second kappa shape index (κ2) is 7.29. The molecule has 1 amide bonds. The predicted octanol–water partition coefficient (Wildman–Crippen LogP) is 3.99. The van der Waals surface area contributed by atoms with Crippen LogP contribution in [0.1, 0.15) is 34.3 Å². The molecule has 2 aromatic carbocycles. The molecular weight excluding hydrogens is 372 g/mol. The smallest absolute Gasteiger partial charge is 0.261 e. The highest BCUT2D eigenvalue weighted by atomic mass is 35.5. The molecule has 0 radical (unpaired) electrons. The van der Waals surface area contributed by atoms with Crippen LogP contribution in [0.3, 0.4) is 0 Å². The van der Waals surface area contributed by atoms with Crippen molar-refractivity contribution in [3.63, 3.8) is 0 Å². The van der Waals surface area contributed by atoms with Crippen LogP contribution < -0.4 is 4.72 Å². The lowest BCUT2D eigenvalue weighted by atomic mass is 10.1. The summed E-state index contributed by atoms with van der Waals surface area (Å²) < 4.78 is 28.1. The van der Waals surface area contributed by atoms with E-state index in [2.05, 4.69) is 4.72 Å². The lowest BCUT2D eigenvalue weighted by Gasteiger charge is -2.18. The first-order valence-corrected chi connectivity index (χ1v) is 10.3. The second-order valence-corrected chi connectivity index (χ2v) is 8.66. The Labute approximate surface area is 159 Å². The first kappa shape index (κ1) is 18.7. The van der Waals surface area contributed by atoms with Crippen LogP contribution >= 0.6 is 11.6 Å². The zero-order valence-corrected chi connectivity index (χ0v) is 16.3. The van der Waals surface area contributed by atoms with E-state index in [-0.39, 0.29) is 10.8 Å². The number of carbonyl (C=O) groups excluding carboxylic acids is 1. The molecule has 0 aromatic heterocycles. The molecule has 5 nitrogen and oxygen atoms in total. The van der Waals surface area contributed by atoms with Gasteiger partial charge in [-0.25, -0.2) is 8.42 Å². The van der Waals surface area contributed by atoms with Gasteiger partial charge in [0.05, 0.1) is 10.6 Å². The van der Waals surface area contributed by atoms with Crippen LogP contribution in [0.15, 0.2) is 41.3 Å². The fourth-order valence-corrected chi connectivity index (χ4v) is 4.32. The van der Waals surface area contributed by atoms with Crippen molar-refractivity contribution < 1.29 is 13.2 Å². The van der Waals surface area contributed by atoms with Crippen LogP contribution in [-0.4, -0.2) is 32.3 Å². The van der Waals surface area contributed by atoms with Crippen LogP contribution in [0.5, 0.6) is 0 Å². The molecule has 1 aliphatic rings. The molecule has 2 aromatic rings. The number of halogens is 1. The quantitative estimate of drug-likeness (QED) is 0.855. The number of aryl methyl sites for hydroxylation is 2. The summed E-state index contributed by atoms with van der Waals surface area (Å²) in [6.07, 6.45) is 1.97. The first-order chi connectivity index (χ1) is 12.3. The summed E-state index contributed by atoms with van der Waals surface area (Å²) in [7, 11) is -3.83. The van der Waals surface area contributed by atoms with Gasteiger partial charge in [-0.1, -0.05) is 23.7 Å². The van der Waals surface area contributed by atoms with E-state index < -0.39 is 10.0 Å². The normalized spacial score (nSPS) is 14.5. The fraction of sp³-hybridized carbons (Fsp3) is 0.316. The van der Waals surface area contributed by atoms with Gasteiger partial charge in [0, 0.05) is 23.7 Å². The molecule has 3 rings (SSSR count). The number of hydrogen-bond donors (Lipinski definition) is 1. The molecule has 1 fully saturated rings. The number of rotatable bonds is 4. The molecule has 7 heteroatoms. The third kappa shape index (κ3) is 3.86. The van der Waals surface area contributed by atoms with Crippen LogP contribution in [0.4, 0.5) is 5.69 Å². The highest BCUT2D eigenvalue weighted by Gasteiger charge is 2.23. The zero-order valence-electron chi connectivity index (χ0n) is 14.8. The van der Waals surface area contributed by atoms with Crippen molar-refractivity contribution in [1.29, 1.82) is 0 Å². The summed E-state index contributed by atoms with van der Waals surface area (Å²) in [5.74, 6) is -0.115. The average molecular weight is 393 g/mol. The van der Waals surface area contributed by atoms with E-state index in [0.717, 1.165) is 37.1 Å². The molecule has 26 heavy (non-hydrogen) atoms. The minimum absolute atomic E-state index is 0.0602. The number of carbonyl (C=O) groups is 1. The van der Waals surface area contributed by atoms with Gasteiger partial charge >= 0.3 is 0 Å². The zero-order chi connectivity index (χ0) is 18.9. The van der Waals surface area contributed by atoms with Gasteiger partial charge in [0.15, 0.2) is 0 Å². The molecule has 1 aliphatic heterocycles. The maximum atomic E-state index is 12.8. The van der Waals surface area contributed by atoms with Crippen molar-refractivity contribution in [2.24, 2.45) is 0 Å². The molecular formula is C19H21ClN2O3S. The maximum absolute atomic E-state index is 12.8. The van der Waals surface area contributed by atoms with Gasteiger partial charge in [-0.05, 0) is 62.1 Å². The summed E-state index contributed by atoms with van der Waals surface area (Å²) in [4.78, 5) is 14.5. The monoisotopic (exact) mass is 392 g/mol. The van der Waals surface area contributed by atoms with Crippen LogP contribution in [-0.2, 0) is 10.0 Å². The van der Waals surface area contributed by atoms with Crippen molar-refractivity contribution in [2.45, 2.75) is 31.6 Å². The number of sulfonamides is 1. The lowest BCUT2D eigenvalue weighted by Crippen LogP contribution is -2.28. The molecule has 0 spiro atoms. The van der Waals surface area contributed by atoms with E-state index >= 15 is 0 Å². The summed E-state index contributed by atoms with van der Waals surface area (Å²) in [6, 6.07) is 9.66. The third-order valence-corrected chi connectivity index (χ3v) is 6.19. The Hall–Kier alpha value is -2.05. The summed E-state index contributed by atoms with van der Waals surface area (Å²) in [5, 5.41) is 0.446. The van der Waals surface area contributed by atoms with Crippen molar-refractivity contribution in [3.8, 4) is 0 Å². The molecule has 138 valence electrons. The van der Waals surface area contributed by atoms with E-state index in [1.807, 2.05) is 6.92 Å². The Bertz CT molecular complexity index is 951. The molecule has 0 bridgehead atoms. The summed E-state index contributed by atoms with van der Waals surface area (Å²) in [6.45, 7) is 5.05. The standard InChI is InChI=1S/C19H21ClN2O3S/c1-13-6-8-16(12-17(13)19(23)22-9-3-4-10-22)26(24,25)21-18-11-15(20)7-5-14(18)2/h5-8,11-12,21H,3-4,9-10H2,1-2H3. The van der Waals surface area contributed by atoms with Gasteiger partial charge in [0.2, 0.25) is 0 Å². The van der Waals surface area contributed by atoms with E-state index in [1.165, 1.54) is 12.1 Å². The minimum Gasteiger partial charge on any atom is -0.339 e. The van der Waals surface area contributed by atoms with Gasteiger partial charge in [-0.2, -0.15) is 0 Å². The molecule has 0 aliphatic carbocycles. The Kier molecular flexibility index (Phi) is 5.25. The van der Waals surface area contributed by atoms with Gasteiger partial charge in [0.1, 0.15) is 0 Å². The van der Waals surface area contributed by atoms with Crippen LogP contribution in [0, 0.1) is 13.8 Å². The Morgan fingerprint density at radius 1 is 1.04 bits per heavy atom. The van der Waals surface area contributed by atoms with E-state index in [0.29, 0.717) is 16.3 Å². The number of nitrogens with one attached hydrogen (secondary N) is 1. The van der Waals surface area contributed by atoms with E-state index in [1.54, 1.807) is 36.1 Å². The maximum Gasteiger partial charge on any atom is 0.261 e. The molecule has 0 atom stereocenters. The Morgan fingerprint density at radius 2 is 1.69 bits per heavy atom. The molecule has 1 heterocycles. The predicted molar refractivity (Wildman–Crippen MR) is 103 cm³/mol.